The van der Waals surface area contributed by atoms with E-state index >= 15 is 0 Å². The lowest BCUT2D eigenvalue weighted by molar-refractivity contribution is 0.0671. The van der Waals surface area contributed by atoms with Gasteiger partial charge in [0.05, 0.1) is 5.69 Å². The molecule has 1 amide bonds. The molecule has 1 aliphatic rings. The number of hydrogen-bond acceptors (Lipinski definition) is 4. The molecule has 3 rings (SSSR count). The van der Waals surface area contributed by atoms with Crippen molar-refractivity contribution in [3.05, 3.63) is 46.2 Å². The Balaban J connectivity index is 1.62. The van der Waals surface area contributed by atoms with Gasteiger partial charge in [0.15, 0.2) is 0 Å². The van der Waals surface area contributed by atoms with Crippen LogP contribution in [0.25, 0.3) is 0 Å². The Labute approximate surface area is 152 Å². The van der Waals surface area contributed by atoms with Crippen LogP contribution in [0.15, 0.2) is 24.3 Å². The molecule has 134 valence electrons. The number of aryl methyl sites for hydroxylation is 1. The quantitative estimate of drug-likeness (QED) is 0.798. The van der Waals surface area contributed by atoms with E-state index in [-0.39, 0.29) is 17.6 Å². The lowest BCUT2D eigenvalue weighted by atomic mass is 9.91. The Bertz CT molecular complexity index is 731. The summed E-state index contributed by atoms with van der Waals surface area (Å²) in [5.74, 6) is 0.526. The van der Waals surface area contributed by atoms with E-state index in [1.54, 1.807) is 6.07 Å². The molecule has 0 unspecified atom stereocenters. The number of carbonyl (C=O) groups excluding carboxylic acids is 1. The first kappa shape index (κ1) is 18.0. The predicted molar refractivity (Wildman–Crippen MR) is 97.3 cm³/mol. The first-order chi connectivity index (χ1) is 12.1. The van der Waals surface area contributed by atoms with Crippen molar-refractivity contribution < 1.29 is 9.18 Å². The van der Waals surface area contributed by atoms with Gasteiger partial charge in [-0.1, -0.05) is 36.5 Å². The summed E-state index contributed by atoms with van der Waals surface area (Å²) in [6.45, 7) is 5.58. The molecule has 2 heterocycles. The third-order valence-corrected chi connectivity index (χ3v) is 5.57. The van der Waals surface area contributed by atoms with Gasteiger partial charge in [-0.3, -0.25) is 4.79 Å². The molecule has 0 radical (unpaired) electrons. The number of nitrogens with zero attached hydrogens (tertiary/aromatic N) is 3. The fourth-order valence-electron chi connectivity index (χ4n) is 3.41. The highest BCUT2D eigenvalue weighted by molar-refractivity contribution is 7.08. The molecule has 0 saturated carbocycles. The predicted octanol–water partition coefficient (Wildman–Crippen LogP) is 4.29. The van der Waals surface area contributed by atoms with Gasteiger partial charge in [-0.15, -0.1) is 5.10 Å². The van der Waals surface area contributed by atoms with Crippen molar-refractivity contribution in [1.82, 2.24) is 14.5 Å². The summed E-state index contributed by atoms with van der Waals surface area (Å²) in [4.78, 5) is 15.5. The van der Waals surface area contributed by atoms with E-state index in [2.05, 4.69) is 9.59 Å². The van der Waals surface area contributed by atoms with Crippen LogP contribution in [0.4, 0.5) is 4.39 Å². The number of hydrogen-bond donors (Lipinski definition) is 0. The maximum atomic E-state index is 13.8. The molecule has 0 N–H and O–H groups in total. The van der Waals surface area contributed by atoms with Crippen LogP contribution in [0, 0.1) is 11.7 Å². The van der Waals surface area contributed by atoms with Crippen LogP contribution >= 0.6 is 11.5 Å². The molecule has 0 aliphatic carbocycles. The van der Waals surface area contributed by atoms with E-state index in [0.29, 0.717) is 10.8 Å². The molecule has 4 nitrogen and oxygen atoms in total. The number of benzene rings is 1. The van der Waals surface area contributed by atoms with E-state index in [4.69, 9.17) is 0 Å². The number of halogens is 1. The number of likely N-dealkylation sites (tertiary alicyclic amines) is 1. The Kier molecular flexibility index (Phi) is 5.78. The minimum absolute atomic E-state index is 0.0503. The molecule has 1 fully saturated rings. The highest BCUT2D eigenvalue weighted by Crippen LogP contribution is 2.26. The van der Waals surface area contributed by atoms with Crippen LogP contribution in [0.1, 0.15) is 60.0 Å². The summed E-state index contributed by atoms with van der Waals surface area (Å²) in [7, 11) is 0. The minimum atomic E-state index is -0.136. The first-order valence-corrected chi connectivity index (χ1v) is 9.68. The SMILES string of the molecule is CC(C)c1nnsc1C(=O)N1CCC[C@@H](CCc2ccccc2F)C1. The van der Waals surface area contributed by atoms with Crippen molar-refractivity contribution in [2.24, 2.45) is 5.92 Å². The molecule has 1 aromatic heterocycles. The van der Waals surface area contributed by atoms with E-state index in [1.165, 1.54) is 17.6 Å². The Morgan fingerprint density at radius 2 is 2.20 bits per heavy atom. The number of carbonyl (C=O) groups is 1. The third-order valence-electron chi connectivity index (χ3n) is 4.84. The Morgan fingerprint density at radius 1 is 1.40 bits per heavy atom. The van der Waals surface area contributed by atoms with Gasteiger partial charge in [0.2, 0.25) is 0 Å². The molecular formula is C19H24FN3OS. The molecule has 25 heavy (non-hydrogen) atoms. The van der Waals surface area contributed by atoms with Gasteiger partial charge in [0.25, 0.3) is 5.91 Å². The van der Waals surface area contributed by atoms with Crippen molar-refractivity contribution in [1.29, 1.82) is 0 Å². The molecular weight excluding hydrogens is 337 g/mol. The first-order valence-electron chi connectivity index (χ1n) is 8.91. The summed E-state index contributed by atoms with van der Waals surface area (Å²) in [5, 5.41) is 4.12. The molecule has 1 aromatic carbocycles. The summed E-state index contributed by atoms with van der Waals surface area (Å²) >= 11 is 1.19. The van der Waals surface area contributed by atoms with Crippen LogP contribution in [-0.2, 0) is 6.42 Å². The highest BCUT2D eigenvalue weighted by atomic mass is 32.1. The normalized spacial score (nSPS) is 17.9. The van der Waals surface area contributed by atoms with Crippen LogP contribution in [-0.4, -0.2) is 33.5 Å². The lowest BCUT2D eigenvalue weighted by Gasteiger charge is -2.32. The second kappa shape index (κ2) is 8.04. The standard InChI is InChI=1S/C19H24FN3OS/c1-13(2)17-18(25-22-21-17)19(24)23-11-5-6-14(12-23)9-10-15-7-3-4-8-16(15)20/h3-4,7-8,13-14H,5-6,9-12H2,1-2H3/t14-/m0/s1. The van der Waals surface area contributed by atoms with Crippen molar-refractivity contribution in [2.45, 2.75) is 45.4 Å². The molecule has 1 aliphatic heterocycles. The Hall–Kier alpha value is -1.82. The van der Waals surface area contributed by atoms with Crippen molar-refractivity contribution in [3.63, 3.8) is 0 Å². The molecule has 1 saturated heterocycles. The molecule has 2 aromatic rings. The summed E-state index contributed by atoms with van der Waals surface area (Å²) in [6.07, 6.45) is 3.72. The monoisotopic (exact) mass is 361 g/mol. The fraction of sp³-hybridized carbons (Fsp3) is 0.526. The third kappa shape index (κ3) is 4.24. The Morgan fingerprint density at radius 3 is 2.96 bits per heavy atom. The van der Waals surface area contributed by atoms with E-state index in [0.717, 1.165) is 50.0 Å². The smallest absolute Gasteiger partial charge is 0.267 e. The molecule has 0 bridgehead atoms. The zero-order valence-corrected chi connectivity index (χ0v) is 15.6. The van der Waals surface area contributed by atoms with Crippen LogP contribution in [0.3, 0.4) is 0 Å². The van der Waals surface area contributed by atoms with E-state index < -0.39 is 0 Å². The average molecular weight is 361 g/mol. The van der Waals surface area contributed by atoms with Gasteiger partial charge in [0, 0.05) is 13.1 Å². The topological polar surface area (TPSA) is 46.1 Å². The summed E-state index contributed by atoms with van der Waals surface area (Å²) in [5.41, 5.74) is 1.56. The molecule has 0 spiro atoms. The molecule has 6 heteroatoms. The largest absolute Gasteiger partial charge is 0.338 e. The number of aromatic nitrogens is 2. The van der Waals surface area contributed by atoms with Gasteiger partial charge in [-0.05, 0) is 60.7 Å². The van der Waals surface area contributed by atoms with E-state index in [9.17, 15) is 9.18 Å². The van der Waals surface area contributed by atoms with Crippen LogP contribution < -0.4 is 0 Å². The lowest BCUT2D eigenvalue weighted by Crippen LogP contribution is -2.40. The maximum absolute atomic E-state index is 13.8. The van der Waals surface area contributed by atoms with Crippen molar-refractivity contribution in [3.8, 4) is 0 Å². The van der Waals surface area contributed by atoms with Gasteiger partial charge in [-0.2, -0.15) is 0 Å². The number of amides is 1. The summed E-state index contributed by atoms with van der Waals surface area (Å²) in [6, 6.07) is 6.95. The summed E-state index contributed by atoms with van der Waals surface area (Å²) < 4.78 is 17.7. The molecule has 1 atom stereocenters. The zero-order chi connectivity index (χ0) is 17.8. The van der Waals surface area contributed by atoms with Crippen LogP contribution in [0.2, 0.25) is 0 Å². The second-order valence-corrected chi connectivity index (χ2v) is 7.79. The minimum Gasteiger partial charge on any atom is -0.338 e. The van der Waals surface area contributed by atoms with Gasteiger partial charge in [0.1, 0.15) is 10.7 Å². The number of rotatable bonds is 5. The average Bonchev–Trinajstić information content (AvgIpc) is 3.11. The van der Waals surface area contributed by atoms with Gasteiger partial charge < -0.3 is 4.90 Å². The second-order valence-electron chi connectivity index (χ2n) is 7.03. The number of piperidine rings is 1. The van der Waals surface area contributed by atoms with E-state index in [1.807, 2.05) is 30.9 Å². The van der Waals surface area contributed by atoms with Crippen LogP contribution in [0.5, 0.6) is 0 Å². The highest BCUT2D eigenvalue weighted by Gasteiger charge is 2.28. The van der Waals surface area contributed by atoms with Crippen molar-refractivity contribution in [2.75, 3.05) is 13.1 Å². The zero-order valence-electron chi connectivity index (χ0n) is 14.7. The maximum Gasteiger partial charge on any atom is 0.267 e. The van der Waals surface area contributed by atoms with Gasteiger partial charge >= 0.3 is 0 Å². The van der Waals surface area contributed by atoms with Crippen molar-refractivity contribution >= 4 is 17.4 Å². The fourth-order valence-corrected chi connectivity index (χ4v) is 4.20. The van der Waals surface area contributed by atoms with Gasteiger partial charge in [-0.25, -0.2) is 4.39 Å².